The van der Waals surface area contributed by atoms with Crippen molar-refractivity contribution < 1.29 is 13.9 Å². The average molecular weight is 309 g/mol. The number of nitrogens with two attached hydrogens (primary N) is 1. The maximum atomic E-state index is 12.1. The molecule has 3 rings (SSSR count). The van der Waals surface area contributed by atoms with E-state index in [0.29, 0.717) is 17.0 Å². The summed E-state index contributed by atoms with van der Waals surface area (Å²) in [5.74, 6) is 0.291. The summed E-state index contributed by atoms with van der Waals surface area (Å²) in [5, 5.41) is 1.03. The number of rotatable bonds is 2. The van der Waals surface area contributed by atoms with Crippen molar-refractivity contribution in [1.82, 2.24) is 0 Å². The number of para-hydroxylation sites is 1. The minimum atomic E-state index is -0.555. The molecule has 4 nitrogen and oxygen atoms in total. The van der Waals surface area contributed by atoms with Crippen LogP contribution in [0.4, 0.5) is 5.69 Å². The molecule has 0 unspecified atom stereocenters. The molecule has 0 radical (unpaired) electrons. The van der Waals surface area contributed by atoms with Gasteiger partial charge < -0.3 is 14.9 Å². The maximum absolute atomic E-state index is 12.1. The van der Waals surface area contributed by atoms with E-state index in [2.05, 4.69) is 0 Å². The minimum Gasteiger partial charge on any atom is -0.456 e. The second-order valence-corrected chi connectivity index (χ2v) is 6.45. The molecule has 0 amide bonds. The molecular formula is C19H19NO3. The second-order valence-electron chi connectivity index (χ2n) is 6.45. The third-order valence-electron chi connectivity index (χ3n) is 3.38. The van der Waals surface area contributed by atoms with Crippen LogP contribution in [0.25, 0.3) is 22.3 Å². The van der Waals surface area contributed by atoms with Crippen LogP contribution in [0, 0.1) is 0 Å². The van der Waals surface area contributed by atoms with Crippen molar-refractivity contribution in [3.05, 3.63) is 54.1 Å². The minimum absolute atomic E-state index is 0.361. The number of hydrogen-bond donors (Lipinski definition) is 1. The van der Waals surface area contributed by atoms with Gasteiger partial charge in [0, 0.05) is 16.6 Å². The molecule has 118 valence electrons. The molecule has 0 aliphatic rings. The molecule has 0 aliphatic carbocycles. The van der Waals surface area contributed by atoms with Gasteiger partial charge in [0.2, 0.25) is 0 Å². The molecule has 0 fully saturated rings. The number of nitrogen functional groups attached to an aromatic ring is 1. The van der Waals surface area contributed by atoms with Gasteiger partial charge in [-0.1, -0.05) is 24.3 Å². The molecule has 0 saturated carbocycles. The van der Waals surface area contributed by atoms with Crippen molar-refractivity contribution in [2.24, 2.45) is 0 Å². The fourth-order valence-corrected chi connectivity index (χ4v) is 2.36. The molecular weight excluding hydrogens is 290 g/mol. The lowest BCUT2D eigenvalue weighted by Crippen LogP contribution is -2.24. The Kier molecular flexibility index (Phi) is 3.60. The number of benzene rings is 2. The van der Waals surface area contributed by atoms with E-state index in [-0.39, 0.29) is 0 Å². The van der Waals surface area contributed by atoms with Gasteiger partial charge in [0.05, 0.1) is 5.56 Å². The van der Waals surface area contributed by atoms with Crippen molar-refractivity contribution in [3.63, 3.8) is 0 Å². The van der Waals surface area contributed by atoms with E-state index in [1.54, 1.807) is 12.1 Å². The van der Waals surface area contributed by atoms with E-state index in [0.717, 1.165) is 16.5 Å². The summed E-state index contributed by atoms with van der Waals surface area (Å²) in [4.78, 5) is 12.1. The van der Waals surface area contributed by atoms with Crippen LogP contribution in [0.2, 0.25) is 0 Å². The summed E-state index contributed by atoms with van der Waals surface area (Å²) < 4.78 is 11.2. The molecule has 2 N–H and O–H groups in total. The third-order valence-corrected chi connectivity index (χ3v) is 3.38. The summed E-state index contributed by atoms with van der Waals surface area (Å²) >= 11 is 0. The van der Waals surface area contributed by atoms with Crippen LogP contribution in [0.5, 0.6) is 0 Å². The zero-order chi connectivity index (χ0) is 16.6. The molecule has 23 heavy (non-hydrogen) atoms. The van der Waals surface area contributed by atoms with Gasteiger partial charge in [0.25, 0.3) is 0 Å². The van der Waals surface area contributed by atoms with Crippen molar-refractivity contribution in [2.45, 2.75) is 26.4 Å². The zero-order valence-corrected chi connectivity index (χ0v) is 13.4. The van der Waals surface area contributed by atoms with E-state index in [9.17, 15) is 4.79 Å². The van der Waals surface area contributed by atoms with Gasteiger partial charge in [-0.05, 0) is 45.0 Å². The molecule has 3 aromatic rings. The SMILES string of the molecule is CC(C)(C)OC(=O)c1ccc(-c2cc3ccccc3o2)cc1N. The first-order valence-electron chi connectivity index (χ1n) is 7.45. The van der Waals surface area contributed by atoms with Crippen LogP contribution in [0.15, 0.2) is 52.9 Å². The number of ether oxygens (including phenoxy) is 1. The summed E-state index contributed by atoms with van der Waals surface area (Å²) in [6.07, 6.45) is 0. The van der Waals surface area contributed by atoms with Gasteiger partial charge in [-0.2, -0.15) is 0 Å². The zero-order valence-electron chi connectivity index (χ0n) is 13.4. The fourth-order valence-electron chi connectivity index (χ4n) is 2.36. The van der Waals surface area contributed by atoms with Crippen LogP contribution < -0.4 is 5.73 Å². The largest absolute Gasteiger partial charge is 0.456 e. The highest BCUT2D eigenvalue weighted by Crippen LogP contribution is 2.30. The first kappa shape index (κ1) is 15.2. The second kappa shape index (κ2) is 5.47. The average Bonchev–Trinajstić information content (AvgIpc) is 2.89. The molecule has 4 heteroatoms. The highest BCUT2D eigenvalue weighted by molar-refractivity contribution is 5.96. The Labute approximate surface area is 134 Å². The van der Waals surface area contributed by atoms with Crippen LogP contribution in [-0.4, -0.2) is 11.6 Å². The Hall–Kier alpha value is -2.75. The molecule has 1 heterocycles. The smallest absolute Gasteiger partial charge is 0.340 e. The van der Waals surface area contributed by atoms with Gasteiger partial charge in [-0.3, -0.25) is 0 Å². The van der Waals surface area contributed by atoms with Crippen molar-refractivity contribution in [2.75, 3.05) is 5.73 Å². The summed E-state index contributed by atoms with van der Waals surface area (Å²) in [6, 6.07) is 15.0. The van der Waals surface area contributed by atoms with Crippen LogP contribution in [-0.2, 0) is 4.74 Å². The Morgan fingerprint density at radius 2 is 1.83 bits per heavy atom. The van der Waals surface area contributed by atoms with Crippen LogP contribution in [0.3, 0.4) is 0 Å². The van der Waals surface area contributed by atoms with Gasteiger partial charge in [-0.25, -0.2) is 4.79 Å². The first-order valence-corrected chi connectivity index (χ1v) is 7.45. The lowest BCUT2D eigenvalue weighted by Gasteiger charge is -2.20. The third kappa shape index (κ3) is 3.21. The van der Waals surface area contributed by atoms with Crippen LogP contribution in [0.1, 0.15) is 31.1 Å². The number of fused-ring (bicyclic) bond motifs is 1. The molecule has 0 spiro atoms. The van der Waals surface area contributed by atoms with Crippen LogP contribution >= 0.6 is 0 Å². The van der Waals surface area contributed by atoms with Crippen molar-refractivity contribution >= 4 is 22.6 Å². The van der Waals surface area contributed by atoms with E-state index in [4.69, 9.17) is 14.9 Å². The van der Waals surface area contributed by atoms with Crippen molar-refractivity contribution in [3.8, 4) is 11.3 Å². The predicted octanol–water partition coefficient (Wildman–Crippen LogP) is 4.64. The predicted molar refractivity (Wildman–Crippen MR) is 91.2 cm³/mol. The normalized spacial score (nSPS) is 11.6. The lowest BCUT2D eigenvalue weighted by atomic mass is 10.1. The Morgan fingerprint density at radius 3 is 2.48 bits per heavy atom. The van der Waals surface area contributed by atoms with E-state index >= 15 is 0 Å². The van der Waals surface area contributed by atoms with E-state index in [1.807, 2.05) is 57.2 Å². The summed E-state index contributed by atoms with van der Waals surface area (Å²) in [5.41, 5.74) is 7.85. The standard InChI is InChI=1S/C19H19NO3/c1-19(2,3)23-18(21)14-9-8-13(10-15(14)20)17-11-12-6-4-5-7-16(12)22-17/h4-11H,20H2,1-3H3. The number of anilines is 1. The quantitative estimate of drug-likeness (QED) is 0.553. The number of carbonyl (C=O) groups excluding carboxylic acids is 1. The molecule has 0 atom stereocenters. The molecule has 0 bridgehead atoms. The molecule has 2 aromatic carbocycles. The summed E-state index contributed by atoms with van der Waals surface area (Å²) in [6.45, 7) is 5.47. The monoisotopic (exact) mass is 309 g/mol. The molecule has 1 aromatic heterocycles. The molecule has 0 saturated heterocycles. The summed E-state index contributed by atoms with van der Waals surface area (Å²) in [7, 11) is 0. The maximum Gasteiger partial charge on any atom is 0.340 e. The Balaban J connectivity index is 1.94. The van der Waals surface area contributed by atoms with E-state index in [1.165, 1.54) is 0 Å². The number of carbonyl (C=O) groups is 1. The van der Waals surface area contributed by atoms with Gasteiger partial charge in [0.15, 0.2) is 0 Å². The van der Waals surface area contributed by atoms with Gasteiger partial charge >= 0.3 is 5.97 Å². The van der Waals surface area contributed by atoms with Gasteiger partial charge in [0.1, 0.15) is 16.9 Å². The number of furan rings is 1. The number of esters is 1. The lowest BCUT2D eigenvalue weighted by molar-refractivity contribution is 0.00708. The Bertz CT molecular complexity index is 839. The van der Waals surface area contributed by atoms with Crippen molar-refractivity contribution in [1.29, 1.82) is 0 Å². The highest BCUT2D eigenvalue weighted by atomic mass is 16.6. The topological polar surface area (TPSA) is 65.5 Å². The Morgan fingerprint density at radius 1 is 1.09 bits per heavy atom. The van der Waals surface area contributed by atoms with Gasteiger partial charge in [-0.15, -0.1) is 0 Å². The highest BCUT2D eigenvalue weighted by Gasteiger charge is 2.20. The molecule has 0 aliphatic heterocycles. The first-order chi connectivity index (χ1) is 10.8. The number of hydrogen-bond acceptors (Lipinski definition) is 4. The van der Waals surface area contributed by atoms with E-state index < -0.39 is 11.6 Å². The fraction of sp³-hybridized carbons (Fsp3) is 0.211.